The number of rotatable bonds is 6. The average Bonchev–Trinajstić information content (AvgIpc) is 2.36. The summed E-state index contributed by atoms with van der Waals surface area (Å²) in [6.45, 7) is 1.86. The SMILES string of the molecule is CC(CC(N)=S)N(C)C(=O)COc1ccc(Cl)cc1. The maximum atomic E-state index is 11.9. The molecule has 0 bridgehead atoms. The number of likely N-dealkylation sites (N-methyl/N-ethyl adjacent to an activating group) is 1. The highest BCUT2D eigenvalue weighted by Gasteiger charge is 2.16. The Labute approximate surface area is 123 Å². The summed E-state index contributed by atoms with van der Waals surface area (Å²) in [5.74, 6) is 0.479. The predicted molar refractivity (Wildman–Crippen MR) is 80.6 cm³/mol. The van der Waals surface area contributed by atoms with Crippen LogP contribution in [0, 0.1) is 0 Å². The number of hydrogen-bond acceptors (Lipinski definition) is 3. The first kappa shape index (κ1) is 15.7. The van der Waals surface area contributed by atoms with Gasteiger partial charge in [-0.05, 0) is 31.2 Å². The van der Waals surface area contributed by atoms with Crippen LogP contribution in [0.4, 0.5) is 0 Å². The first-order valence-corrected chi connectivity index (χ1v) is 6.61. The van der Waals surface area contributed by atoms with Crippen molar-refractivity contribution in [2.24, 2.45) is 5.73 Å². The van der Waals surface area contributed by atoms with Crippen molar-refractivity contribution in [1.29, 1.82) is 0 Å². The van der Waals surface area contributed by atoms with Gasteiger partial charge in [0.1, 0.15) is 5.75 Å². The summed E-state index contributed by atoms with van der Waals surface area (Å²) in [7, 11) is 1.70. The molecule has 104 valence electrons. The number of benzene rings is 1. The van der Waals surface area contributed by atoms with E-state index in [1.54, 1.807) is 36.2 Å². The third-order valence-electron chi connectivity index (χ3n) is 2.73. The highest BCUT2D eigenvalue weighted by atomic mass is 35.5. The highest BCUT2D eigenvalue weighted by Crippen LogP contribution is 2.15. The van der Waals surface area contributed by atoms with E-state index in [-0.39, 0.29) is 18.6 Å². The second kappa shape index (κ2) is 7.31. The molecule has 19 heavy (non-hydrogen) atoms. The Hall–Kier alpha value is -1.33. The van der Waals surface area contributed by atoms with E-state index in [9.17, 15) is 4.79 Å². The van der Waals surface area contributed by atoms with Crippen LogP contribution in [-0.2, 0) is 4.79 Å². The van der Waals surface area contributed by atoms with Gasteiger partial charge in [0.15, 0.2) is 6.61 Å². The number of carbonyl (C=O) groups is 1. The molecule has 1 rings (SSSR count). The van der Waals surface area contributed by atoms with Crippen molar-refractivity contribution in [3.8, 4) is 5.75 Å². The van der Waals surface area contributed by atoms with Gasteiger partial charge in [-0.2, -0.15) is 0 Å². The Bertz CT molecular complexity index is 450. The molecule has 0 spiro atoms. The van der Waals surface area contributed by atoms with Gasteiger partial charge in [0.25, 0.3) is 5.91 Å². The van der Waals surface area contributed by atoms with Gasteiger partial charge in [-0.25, -0.2) is 0 Å². The van der Waals surface area contributed by atoms with Crippen molar-refractivity contribution >= 4 is 34.7 Å². The van der Waals surface area contributed by atoms with Gasteiger partial charge in [0, 0.05) is 24.5 Å². The molecule has 1 amide bonds. The number of nitrogens with two attached hydrogens (primary N) is 1. The molecule has 0 saturated heterocycles. The van der Waals surface area contributed by atoms with E-state index in [4.69, 9.17) is 34.3 Å². The number of ether oxygens (including phenoxy) is 1. The first-order valence-electron chi connectivity index (χ1n) is 5.82. The molecular weight excluding hydrogens is 284 g/mol. The van der Waals surface area contributed by atoms with E-state index >= 15 is 0 Å². The molecule has 1 unspecified atom stereocenters. The van der Waals surface area contributed by atoms with Crippen LogP contribution in [-0.4, -0.2) is 35.5 Å². The summed E-state index contributed by atoms with van der Waals surface area (Å²) >= 11 is 10.6. The zero-order chi connectivity index (χ0) is 14.4. The Morgan fingerprint density at radius 3 is 2.58 bits per heavy atom. The van der Waals surface area contributed by atoms with Gasteiger partial charge in [-0.15, -0.1) is 0 Å². The van der Waals surface area contributed by atoms with Crippen molar-refractivity contribution in [3.63, 3.8) is 0 Å². The van der Waals surface area contributed by atoms with Gasteiger partial charge >= 0.3 is 0 Å². The summed E-state index contributed by atoms with van der Waals surface area (Å²) in [6, 6.07) is 6.81. The molecule has 0 heterocycles. The third-order valence-corrected chi connectivity index (χ3v) is 3.15. The molecule has 0 aliphatic carbocycles. The molecule has 2 N–H and O–H groups in total. The minimum Gasteiger partial charge on any atom is -0.484 e. The molecule has 4 nitrogen and oxygen atoms in total. The summed E-state index contributed by atoms with van der Waals surface area (Å²) < 4.78 is 5.39. The standard InChI is InChI=1S/C13H17ClN2O2S/c1-9(7-12(15)19)16(2)13(17)8-18-11-5-3-10(14)4-6-11/h3-6,9H,7-8H2,1-2H3,(H2,15,19). The molecule has 0 saturated carbocycles. The minimum atomic E-state index is -0.126. The predicted octanol–water partition coefficient (Wildman–Crippen LogP) is 2.24. The molecule has 1 aromatic rings. The van der Waals surface area contributed by atoms with Crippen LogP contribution in [0.1, 0.15) is 13.3 Å². The minimum absolute atomic E-state index is 0.0280. The summed E-state index contributed by atoms with van der Waals surface area (Å²) in [4.78, 5) is 13.9. The zero-order valence-corrected chi connectivity index (χ0v) is 12.5. The Morgan fingerprint density at radius 1 is 1.47 bits per heavy atom. The van der Waals surface area contributed by atoms with Crippen molar-refractivity contribution in [1.82, 2.24) is 4.90 Å². The number of thiocarbonyl (C=S) groups is 1. The number of hydrogen-bond donors (Lipinski definition) is 1. The molecule has 0 aliphatic rings. The second-order valence-electron chi connectivity index (χ2n) is 4.27. The monoisotopic (exact) mass is 300 g/mol. The van der Waals surface area contributed by atoms with Gasteiger partial charge < -0.3 is 15.4 Å². The van der Waals surface area contributed by atoms with Crippen molar-refractivity contribution in [2.75, 3.05) is 13.7 Å². The van der Waals surface area contributed by atoms with Crippen molar-refractivity contribution in [2.45, 2.75) is 19.4 Å². The third kappa shape index (κ3) is 5.44. The van der Waals surface area contributed by atoms with Crippen molar-refractivity contribution in [3.05, 3.63) is 29.3 Å². The van der Waals surface area contributed by atoms with E-state index in [0.29, 0.717) is 22.2 Å². The van der Waals surface area contributed by atoms with Crippen LogP contribution in [0.3, 0.4) is 0 Å². The maximum Gasteiger partial charge on any atom is 0.260 e. The van der Waals surface area contributed by atoms with Crippen LogP contribution in [0.2, 0.25) is 5.02 Å². The largest absolute Gasteiger partial charge is 0.484 e. The number of carbonyl (C=O) groups excluding carboxylic acids is 1. The quantitative estimate of drug-likeness (QED) is 0.819. The summed E-state index contributed by atoms with van der Waals surface area (Å²) in [6.07, 6.45) is 0.499. The van der Waals surface area contributed by atoms with E-state index in [1.807, 2.05) is 6.92 Å². The van der Waals surface area contributed by atoms with Crippen molar-refractivity contribution < 1.29 is 9.53 Å². The summed E-state index contributed by atoms with van der Waals surface area (Å²) in [5, 5.41) is 0.626. The fourth-order valence-electron chi connectivity index (χ4n) is 1.45. The van der Waals surface area contributed by atoms with Crippen LogP contribution >= 0.6 is 23.8 Å². The second-order valence-corrected chi connectivity index (χ2v) is 5.23. The van der Waals surface area contributed by atoms with E-state index in [1.165, 1.54) is 0 Å². The van der Waals surface area contributed by atoms with Crippen LogP contribution in [0.25, 0.3) is 0 Å². The lowest BCUT2D eigenvalue weighted by Crippen LogP contribution is -2.40. The van der Waals surface area contributed by atoms with Crippen LogP contribution < -0.4 is 10.5 Å². The lowest BCUT2D eigenvalue weighted by Gasteiger charge is -2.24. The Morgan fingerprint density at radius 2 is 2.05 bits per heavy atom. The molecule has 0 radical (unpaired) electrons. The lowest BCUT2D eigenvalue weighted by molar-refractivity contribution is -0.133. The Kier molecular flexibility index (Phi) is 6.05. The lowest BCUT2D eigenvalue weighted by atomic mass is 10.2. The zero-order valence-electron chi connectivity index (χ0n) is 10.9. The van der Waals surface area contributed by atoms with E-state index in [2.05, 4.69) is 0 Å². The van der Waals surface area contributed by atoms with Gasteiger partial charge in [0.05, 0.1) is 4.99 Å². The number of amides is 1. The fraction of sp³-hybridized carbons (Fsp3) is 0.385. The molecule has 1 atom stereocenters. The highest BCUT2D eigenvalue weighted by molar-refractivity contribution is 7.80. The van der Waals surface area contributed by atoms with Gasteiger partial charge in [0.2, 0.25) is 0 Å². The normalized spacial score (nSPS) is 11.7. The Balaban J connectivity index is 2.46. The van der Waals surface area contributed by atoms with E-state index < -0.39 is 0 Å². The van der Waals surface area contributed by atoms with Gasteiger partial charge in [-0.1, -0.05) is 23.8 Å². The molecule has 0 aromatic heterocycles. The smallest absolute Gasteiger partial charge is 0.260 e. The van der Waals surface area contributed by atoms with Gasteiger partial charge in [-0.3, -0.25) is 4.79 Å². The average molecular weight is 301 g/mol. The number of nitrogens with zero attached hydrogens (tertiary/aromatic N) is 1. The topological polar surface area (TPSA) is 55.6 Å². The van der Waals surface area contributed by atoms with E-state index in [0.717, 1.165) is 0 Å². The fourth-order valence-corrected chi connectivity index (χ4v) is 1.82. The molecule has 6 heteroatoms. The molecule has 0 aliphatic heterocycles. The number of halogens is 1. The van der Waals surface area contributed by atoms with Crippen LogP contribution in [0.15, 0.2) is 24.3 Å². The molecule has 0 fully saturated rings. The summed E-state index contributed by atoms with van der Waals surface area (Å²) in [5.41, 5.74) is 5.46. The van der Waals surface area contributed by atoms with Crippen LogP contribution in [0.5, 0.6) is 5.75 Å². The molecule has 1 aromatic carbocycles. The first-order chi connectivity index (χ1) is 8.90. The maximum absolute atomic E-state index is 11.9. The molecular formula is C13H17ClN2O2S.